The Morgan fingerprint density at radius 2 is 2.07 bits per heavy atom. The molecule has 0 bridgehead atoms. The quantitative estimate of drug-likeness (QED) is 0.692. The van der Waals surface area contributed by atoms with E-state index in [1.807, 2.05) is 13.0 Å². The van der Waals surface area contributed by atoms with Gasteiger partial charge < -0.3 is 5.32 Å². The number of carbonyl (C=O) groups excluding carboxylic acids is 1. The van der Waals surface area contributed by atoms with E-state index in [1.54, 1.807) is 13.0 Å². The van der Waals surface area contributed by atoms with Crippen LogP contribution in [0.1, 0.15) is 18.1 Å². The number of benzene rings is 1. The number of amides is 1. The van der Waals surface area contributed by atoms with Crippen LogP contribution < -0.4 is 5.32 Å². The molecule has 0 aliphatic carbocycles. The van der Waals surface area contributed by atoms with Crippen molar-refractivity contribution in [2.24, 2.45) is 0 Å². The number of hydrogen-bond acceptors (Lipinski definition) is 2. The lowest BCUT2D eigenvalue weighted by Gasteiger charge is -2.04. The molecule has 0 radical (unpaired) electrons. The van der Waals surface area contributed by atoms with Crippen LogP contribution in [0.15, 0.2) is 12.1 Å². The maximum Gasteiger partial charge on any atom is 0.390 e. The molecular formula is C10H12N3O+. The van der Waals surface area contributed by atoms with Crippen LogP contribution in [-0.2, 0) is 4.79 Å². The summed E-state index contributed by atoms with van der Waals surface area (Å²) in [4.78, 5) is 14.0. The van der Waals surface area contributed by atoms with Crippen LogP contribution in [0.3, 0.4) is 0 Å². The predicted molar refractivity (Wildman–Crippen MR) is 55.0 cm³/mol. The van der Waals surface area contributed by atoms with Crippen molar-refractivity contribution >= 4 is 17.3 Å². The number of rotatable bonds is 1. The van der Waals surface area contributed by atoms with E-state index in [0.29, 0.717) is 11.4 Å². The molecule has 0 aliphatic rings. The Balaban J connectivity index is 3.23. The van der Waals surface area contributed by atoms with Crippen LogP contribution in [-0.4, -0.2) is 5.91 Å². The molecule has 72 valence electrons. The molecule has 4 nitrogen and oxygen atoms in total. The van der Waals surface area contributed by atoms with Crippen LogP contribution in [0.25, 0.3) is 4.98 Å². The van der Waals surface area contributed by atoms with Gasteiger partial charge in [0.2, 0.25) is 11.3 Å². The van der Waals surface area contributed by atoms with Crippen molar-refractivity contribution < 1.29 is 4.79 Å². The summed E-state index contributed by atoms with van der Waals surface area (Å²) < 4.78 is 0. The highest BCUT2D eigenvalue weighted by molar-refractivity contribution is 5.90. The van der Waals surface area contributed by atoms with Crippen LogP contribution in [0.5, 0.6) is 0 Å². The predicted octanol–water partition coefficient (Wildman–Crippen LogP) is 2.75. The lowest BCUT2D eigenvalue weighted by atomic mass is 10.1. The zero-order valence-corrected chi connectivity index (χ0v) is 8.46. The fraction of sp³-hybridized carbons (Fsp3) is 0.300. The average Bonchev–Trinajstić information content (AvgIpc) is 2.09. The SMILES string of the molecule is CC(=O)Nc1cc(C)cc([N+]#N)c1C. The van der Waals surface area contributed by atoms with Crippen molar-refractivity contribution in [2.75, 3.05) is 5.32 Å². The molecule has 1 amide bonds. The summed E-state index contributed by atoms with van der Waals surface area (Å²) in [5.74, 6) is -0.136. The first-order chi connectivity index (χ1) is 6.54. The van der Waals surface area contributed by atoms with Gasteiger partial charge in [-0.1, -0.05) is 0 Å². The molecule has 0 saturated heterocycles. The topological polar surface area (TPSA) is 57.2 Å². The molecule has 1 aromatic rings. The second-order valence-electron chi connectivity index (χ2n) is 3.24. The van der Waals surface area contributed by atoms with Gasteiger partial charge in [-0.3, -0.25) is 4.79 Å². The van der Waals surface area contributed by atoms with Crippen molar-refractivity contribution in [3.05, 3.63) is 28.2 Å². The summed E-state index contributed by atoms with van der Waals surface area (Å²) in [7, 11) is 0. The second kappa shape index (κ2) is 3.88. The van der Waals surface area contributed by atoms with Gasteiger partial charge in [0, 0.05) is 13.0 Å². The smallest absolute Gasteiger partial charge is 0.326 e. The van der Waals surface area contributed by atoms with Gasteiger partial charge in [0.25, 0.3) is 0 Å². The van der Waals surface area contributed by atoms with E-state index < -0.39 is 0 Å². The highest BCUT2D eigenvalue weighted by Gasteiger charge is 2.15. The largest absolute Gasteiger partial charge is 0.390 e. The Bertz CT molecular complexity index is 418. The van der Waals surface area contributed by atoms with E-state index in [4.69, 9.17) is 5.39 Å². The van der Waals surface area contributed by atoms with Crippen molar-refractivity contribution in [1.82, 2.24) is 0 Å². The van der Waals surface area contributed by atoms with Gasteiger partial charge in [-0.15, -0.1) is 0 Å². The summed E-state index contributed by atoms with van der Waals surface area (Å²) >= 11 is 0. The fourth-order valence-corrected chi connectivity index (χ4v) is 1.26. The van der Waals surface area contributed by atoms with Gasteiger partial charge in [-0.05, 0) is 25.5 Å². The summed E-state index contributed by atoms with van der Waals surface area (Å²) in [6.07, 6.45) is 0. The zero-order valence-electron chi connectivity index (χ0n) is 8.46. The highest BCUT2D eigenvalue weighted by Crippen LogP contribution is 2.27. The summed E-state index contributed by atoms with van der Waals surface area (Å²) in [5, 5.41) is 11.4. The molecule has 0 aliphatic heterocycles. The van der Waals surface area contributed by atoms with Gasteiger partial charge in [0.05, 0.1) is 11.3 Å². The molecule has 0 atom stereocenters. The van der Waals surface area contributed by atoms with E-state index in [1.165, 1.54) is 6.92 Å². The molecule has 0 saturated carbocycles. The highest BCUT2D eigenvalue weighted by atomic mass is 16.1. The van der Waals surface area contributed by atoms with Crippen molar-refractivity contribution in [3.63, 3.8) is 0 Å². The number of nitrogens with zero attached hydrogens (tertiary/aromatic N) is 2. The third kappa shape index (κ3) is 2.07. The monoisotopic (exact) mass is 190 g/mol. The lowest BCUT2D eigenvalue weighted by molar-refractivity contribution is -0.114. The number of diazo groups is 1. The molecule has 0 aromatic heterocycles. The number of nitrogens with one attached hydrogen (secondary N) is 1. The molecular weight excluding hydrogens is 178 g/mol. The number of aryl methyl sites for hydroxylation is 1. The number of carbonyl (C=O) groups is 1. The average molecular weight is 190 g/mol. The van der Waals surface area contributed by atoms with Crippen LogP contribution in [0.2, 0.25) is 0 Å². The van der Waals surface area contributed by atoms with E-state index in [-0.39, 0.29) is 5.91 Å². The zero-order chi connectivity index (χ0) is 10.7. The molecule has 0 fully saturated rings. The Morgan fingerprint density at radius 1 is 1.43 bits per heavy atom. The molecule has 0 spiro atoms. The molecule has 1 aromatic carbocycles. The Hall–Kier alpha value is -1.89. The van der Waals surface area contributed by atoms with Crippen LogP contribution in [0.4, 0.5) is 11.4 Å². The maximum absolute atomic E-state index is 10.9. The van der Waals surface area contributed by atoms with E-state index >= 15 is 0 Å². The minimum Gasteiger partial charge on any atom is -0.326 e. The summed E-state index contributed by atoms with van der Waals surface area (Å²) in [5.41, 5.74) is 2.86. The normalized spacial score (nSPS) is 9.29. The van der Waals surface area contributed by atoms with Crippen molar-refractivity contribution in [1.29, 1.82) is 5.39 Å². The molecule has 0 unspecified atom stereocenters. The minimum absolute atomic E-state index is 0.136. The summed E-state index contributed by atoms with van der Waals surface area (Å²) in [6, 6.07) is 3.59. The third-order valence-corrected chi connectivity index (χ3v) is 1.94. The van der Waals surface area contributed by atoms with Gasteiger partial charge in [-0.2, -0.15) is 0 Å². The first-order valence-electron chi connectivity index (χ1n) is 4.28. The van der Waals surface area contributed by atoms with Gasteiger partial charge in [0.1, 0.15) is 0 Å². The van der Waals surface area contributed by atoms with Gasteiger partial charge in [0.15, 0.2) is 4.98 Å². The van der Waals surface area contributed by atoms with Crippen molar-refractivity contribution in [3.8, 4) is 0 Å². The lowest BCUT2D eigenvalue weighted by Crippen LogP contribution is -2.07. The van der Waals surface area contributed by atoms with E-state index in [9.17, 15) is 4.79 Å². The number of hydrogen-bond donors (Lipinski definition) is 1. The summed E-state index contributed by atoms with van der Waals surface area (Å²) in [6.45, 7) is 5.11. The van der Waals surface area contributed by atoms with E-state index in [2.05, 4.69) is 10.3 Å². The molecule has 1 rings (SSSR count). The molecule has 14 heavy (non-hydrogen) atoms. The van der Waals surface area contributed by atoms with Crippen molar-refractivity contribution in [2.45, 2.75) is 20.8 Å². The molecule has 0 heterocycles. The Kier molecular flexibility index (Phi) is 2.82. The van der Waals surface area contributed by atoms with Gasteiger partial charge in [-0.25, -0.2) is 0 Å². The van der Waals surface area contributed by atoms with E-state index in [0.717, 1.165) is 11.1 Å². The fourth-order valence-electron chi connectivity index (χ4n) is 1.26. The Labute approximate surface area is 82.6 Å². The maximum atomic E-state index is 10.9. The third-order valence-electron chi connectivity index (χ3n) is 1.94. The standard InChI is InChI=1S/C10H11N3O/c1-6-4-9(12-8(3)14)7(2)10(5-6)13-11/h4-5H,1-3H3/p+1. The molecule has 1 N–H and O–H groups in total. The first-order valence-corrected chi connectivity index (χ1v) is 4.28. The first kappa shape index (κ1) is 10.2. The van der Waals surface area contributed by atoms with Gasteiger partial charge >= 0.3 is 5.69 Å². The molecule has 4 heteroatoms. The van der Waals surface area contributed by atoms with Crippen LogP contribution in [0, 0.1) is 19.2 Å². The second-order valence-corrected chi connectivity index (χ2v) is 3.24. The Morgan fingerprint density at radius 3 is 2.57 bits per heavy atom. The minimum atomic E-state index is -0.136. The van der Waals surface area contributed by atoms with Crippen LogP contribution >= 0.6 is 0 Å². The number of anilines is 1.